The maximum atomic E-state index is 12.7. The van der Waals surface area contributed by atoms with Gasteiger partial charge in [0.25, 0.3) is 0 Å². The summed E-state index contributed by atoms with van der Waals surface area (Å²) in [5, 5.41) is 3.58. The van der Waals surface area contributed by atoms with Crippen molar-refractivity contribution in [2.75, 3.05) is 6.67 Å². The van der Waals surface area contributed by atoms with Crippen LogP contribution in [0, 0.1) is 0 Å². The third-order valence-electron chi connectivity index (χ3n) is 3.91. The van der Waals surface area contributed by atoms with Crippen LogP contribution >= 0.6 is 0 Å². The molecule has 0 bridgehead atoms. The molecule has 120 valence electrons. The van der Waals surface area contributed by atoms with Crippen LogP contribution in [-0.2, 0) is 0 Å². The largest absolute Gasteiger partial charge is 0.304 e. The Balaban J connectivity index is 2.04. The molecule has 3 heteroatoms. The molecule has 0 amide bonds. The van der Waals surface area contributed by atoms with Crippen LogP contribution in [0.2, 0.25) is 0 Å². The van der Waals surface area contributed by atoms with Gasteiger partial charge in [-0.1, -0.05) is 36.9 Å². The number of aromatic nitrogens is 1. The van der Waals surface area contributed by atoms with Gasteiger partial charge in [0.2, 0.25) is 0 Å². The van der Waals surface area contributed by atoms with Crippen molar-refractivity contribution in [3.05, 3.63) is 83.7 Å². The lowest BCUT2D eigenvalue weighted by Gasteiger charge is -2.20. The lowest BCUT2D eigenvalue weighted by atomic mass is 10.0. The number of halogens is 1. The molecule has 0 aliphatic rings. The highest BCUT2D eigenvalue weighted by Gasteiger charge is 2.10. The quantitative estimate of drug-likeness (QED) is 0.725. The smallest absolute Gasteiger partial charge is 0.115 e. The van der Waals surface area contributed by atoms with E-state index < -0.39 is 6.67 Å². The first-order valence-corrected chi connectivity index (χ1v) is 7.79. The van der Waals surface area contributed by atoms with Gasteiger partial charge in [-0.05, 0) is 54.3 Å². The van der Waals surface area contributed by atoms with E-state index in [4.69, 9.17) is 0 Å². The van der Waals surface area contributed by atoms with Crippen molar-refractivity contribution in [3.8, 4) is 0 Å². The summed E-state index contributed by atoms with van der Waals surface area (Å²) in [6, 6.07) is 12.7. The van der Waals surface area contributed by atoms with Crippen LogP contribution in [0.15, 0.2) is 67.0 Å². The molecule has 2 unspecified atom stereocenters. The zero-order chi connectivity index (χ0) is 16.7. The van der Waals surface area contributed by atoms with Crippen molar-refractivity contribution in [3.63, 3.8) is 0 Å². The third kappa shape index (κ3) is 4.86. The Bertz CT molecular complexity index is 647. The number of nitrogens with one attached hydrogen (secondary N) is 1. The highest BCUT2D eigenvalue weighted by molar-refractivity contribution is 5.56. The van der Waals surface area contributed by atoms with Crippen LogP contribution in [0.5, 0.6) is 0 Å². The molecular weight excluding hydrogens is 287 g/mol. The van der Waals surface area contributed by atoms with Crippen LogP contribution in [0.25, 0.3) is 6.08 Å². The maximum Gasteiger partial charge on any atom is 0.115 e. The van der Waals surface area contributed by atoms with Crippen LogP contribution in [0.4, 0.5) is 4.39 Å². The Morgan fingerprint density at radius 3 is 2.17 bits per heavy atom. The molecule has 1 N–H and O–H groups in total. The van der Waals surface area contributed by atoms with Crippen LogP contribution in [0.1, 0.15) is 42.6 Å². The van der Waals surface area contributed by atoms with E-state index >= 15 is 0 Å². The fourth-order valence-electron chi connectivity index (χ4n) is 2.47. The van der Waals surface area contributed by atoms with Gasteiger partial charge in [0.1, 0.15) is 6.67 Å². The van der Waals surface area contributed by atoms with E-state index in [1.165, 1.54) is 11.1 Å². The summed E-state index contributed by atoms with van der Waals surface area (Å²) >= 11 is 0. The second-order valence-electron chi connectivity index (χ2n) is 5.61. The average molecular weight is 310 g/mol. The molecule has 2 aromatic rings. The molecule has 23 heavy (non-hydrogen) atoms. The number of alkyl halides is 1. The van der Waals surface area contributed by atoms with Crippen molar-refractivity contribution in [1.29, 1.82) is 0 Å². The van der Waals surface area contributed by atoms with E-state index in [9.17, 15) is 4.39 Å². The normalized spacial score (nSPS) is 14.3. The van der Waals surface area contributed by atoms with E-state index in [0.29, 0.717) is 5.57 Å². The van der Waals surface area contributed by atoms with Crippen molar-refractivity contribution in [2.45, 2.75) is 25.9 Å². The number of benzene rings is 1. The second-order valence-corrected chi connectivity index (χ2v) is 5.61. The van der Waals surface area contributed by atoms with Gasteiger partial charge in [-0.3, -0.25) is 4.98 Å². The second kappa shape index (κ2) is 8.39. The molecule has 2 rings (SSSR count). The first-order chi connectivity index (χ1) is 11.1. The molecule has 0 saturated carbocycles. The molecule has 0 aliphatic carbocycles. The summed E-state index contributed by atoms with van der Waals surface area (Å²) in [5.41, 5.74) is 3.99. The minimum absolute atomic E-state index is 0.219. The van der Waals surface area contributed by atoms with E-state index in [1.807, 2.05) is 30.3 Å². The summed E-state index contributed by atoms with van der Waals surface area (Å²) in [6.45, 7) is 7.40. The highest BCUT2D eigenvalue weighted by Crippen LogP contribution is 2.20. The van der Waals surface area contributed by atoms with Gasteiger partial charge in [0, 0.05) is 24.5 Å². The number of rotatable bonds is 7. The standard InChI is InChI=1S/C20H23FN2/c1-4-17(14-21)13-18-5-7-19(8-6-18)15(2)23-16(3)20-9-11-22-12-10-20/h4-13,15-16,23H,1,14H2,2-3H3/b17-13-. The molecule has 2 nitrogen and oxygen atoms in total. The number of allylic oxidation sites excluding steroid dienone is 2. The van der Waals surface area contributed by atoms with E-state index in [-0.39, 0.29) is 12.1 Å². The van der Waals surface area contributed by atoms with Crippen LogP contribution in [0.3, 0.4) is 0 Å². The third-order valence-corrected chi connectivity index (χ3v) is 3.91. The summed E-state index contributed by atoms with van der Waals surface area (Å²) in [6.07, 6.45) is 6.98. The fourth-order valence-corrected chi connectivity index (χ4v) is 2.47. The van der Waals surface area contributed by atoms with Crippen molar-refractivity contribution in [1.82, 2.24) is 10.3 Å². The van der Waals surface area contributed by atoms with Gasteiger partial charge in [-0.25, -0.2) is 4.39 Å². The Morgan fingerprint density at radius 1 is 1.09 bits per heavy atom. The highest BCUT2D eigenvalue weighted by atomic mass is 19.1. The number of hydrogen-bond donors (Lipinski definition) is 1. The molecule has 1 aromatic carbocycles. The van der Waals surface area contributed by atoms with Crippen molar-refractivity contribution >= 4 is 6.08 Å². The molecular formula is C20H23FN2. The predicted octanol–water partition coefficient (Wildman–Crippen LogP) is 5.03. The van der Waals surface area contributed by atoms with Crippen LogP contribution in [-0.4, -0.2) is 11.7 Å². The topological polar surface area (TPSA) is 24.9 Å². The van der Waals surface area contributed by atoms with Crippen molar-refractivity contribution < 1.29 is 4.39 Å². The van der Waals surface area contributed by atoms with E-state index in [0.717, 1.165) is 5.56 Å². The SMILES string of the molecule is C=C/C(=C/c1ccc(C(C)NC(C)c2ccncc2)cc1)CF. The molecule has 0 fully saturated rings. The Morgan fingerprint density at radius 2 is 1.65 bits per heavy atom. The fraction of sp³-hybridized carbons (Fsp3) is 0.250. The summed E-state index contributed by atoms with van der Waals surface area (Å²) in [4.78, 5) is 4.05. The Hall–Kier alpha value is -2.26. The average Bonchev–Trinajstić information content (AvgIpc) is 2.60. The number of pyridine rings is 1. The van der Waals surface area contributed by atoms with E-state index in [2.05, 4.69) is 42.9 Å². The minimum Gasteiger partial charge on any atom is -0.304 e. The van der Waals surface area contributed by atoms with Gasteiger partial charge in [-0.2, -0.15) is 0 Å². The summed E-state index contributed by atoms with van der Waals surface area (Å²) in [7, 11) is 0. The van der Waals surface area contributed by atoms with Crippen molar-refractivity contribution in [2.24, 2.45) is 0 Å². The Labute approximate surface area is 137 Å². The number of nitrogens with zero attached hydrogens (tertiary/aromatic N) is 1. The maximum absolute atomic E-state index is 12.7. The lowest BCUT2D eigenvalue weighted by molar-refractivity contribution is 0.494. The van der Waals surface area contributed by atoms with Gasteiger partial charge < -0.3 is 5.32 Å². The molecule has 2 atom stereocenters. The molecule has 0 radical (unpaired) electrons. The Kier molecular flexibility index (Phi) is 6.24. The molecule has 1 aromatic heterocycles. The predicted molar refractivity (Wildman–Crippen MR) is 94.8 cm³/mol. The zero-order valence-corrected chi connectivity index (χ0v) is 13.7. The van der Waals surface area contributed by atoms with Gasteiger partial charge in [0.15, 0.2) is 0 Å². The summed E-state index contributed by atoms with van der Waals surface area (Å²) < 4.78 is 12.7. The monoisotopic (exact) mass is 310 g/mol. The molecule has 0 saturated heterocycles. The number of hydrogen-bond acceptors (Lipinski definition) is 2. The van der Waals surface area contributed by atoms with Gasteiger partial charge >= 0.3 is 0 Å². The van der Waals surface area contributed by atoms with Gasteiger partial charge in [-0.15, -0.1) is 0 Å². The molecule has 0 spiro atoms. The molecule has 1 heterocycles. The summed E-state index contributed by atoms with van der Waals surface area (Å²) in [5.74, 6) is 0. The first kappa shape index (κ1) is 17.1. The molecule has 0 aliphatic heterocycles. The van der Waals surface area contributed by atoms with Crippen LogP contribution < -0.4 is 5.32 Å². The van der Waals surface area contributed by atoms with E-state index in [1.54, 1.807) is 18.5 Å². The zero-order valence-electron chi connectivity index (χ0n) is 13.7. The first-order valence-electron chi connectivity index (χ1n) is 7.79. The van der Waals surface area contributed by atoms with Gasteiger partial charge in [0.05, 0.1) is 0 Å². The minimum atomic E-state index is -0.493. The lowest BCUT2D eigenvalue weighted by Crippen LogP contribution is -2.22.